The molecule has 1 aromatic heterocycles. The quantitative estimate of drug-likeness (QED) is 0.675. The summed E-state index contributed by atoms with van der Waals surface area (Å²) in [5.74, 6) is 0. The molecule has 0 saturated heterocycles. The molecular weight excluding hydrogens is 194 g/mol. The summed E-state index contributed by atoms with van der Waals surface area (Å²) in [6.45, 7) is 0. The Bertz CT molecular complexity index is 484. The van der Waals surface area contributed by atoms with E-state index < -0.39 is 0 Å². The van der Waals surface area contributed by atoms with E-state index in [9.17, 15) is 0 Å². The fourth-order valence-electron chi connectivity index (χ4n) is 2.42. The van der Waals surface area contributed by atoms with Crippen LogP contribution in [-0.2, 0) is 12.8 Å². The first kappa shape index (κ1) is 8.37. The van der Waals surface area contributed by atoms with Crippen LogP contribution >= 0.6 is 11.6 Å². The standard InChI is InChI=1S/C12H12ClN/c13-9-5-3-7-11-12(9)8-4-1-2-6-10(8)14-11/h3,5,7,14H,1-2,4,6H2. The highest BCUT2D eigenvalue weighted by Crippen LogP contribution is 2.33. The summed E-state index contributed by atoms with van der Waals surface area (Å²) in [5, 5.41) is 2.14. The third-order valence-electron chi connectivity index (χ3n) is 3.07. The highest BCUT2D eigenvalue weighted by atomic mass is 35.5. The van der Waals surface area contributed by atoms with E-state index in [1.54, 1.807) is 0 Å². The minimum atomic E-state index is 0.891. The van der Waals surface area contributed by atoms with Gasteiger partial charge >= 0.3 is 0 Å². The summed E-state index contributed by atoms with van der Waals surface area (Å²) in [6.07, 6.45) is 4.96. The molecule has 14 heavy (non-hydrogen) atoms. The Morgan fingerprint density at radius 1 is 1.14 bits per heavy atom. The SMILES string of the molecule is Clc1cccc2[nH]c3c(c12)CCCC3. The third kappa shape index (κ3) is 1.09. The normalized spacial score (nSPS) is 15.8. The Balaban J connectivity index is 2.38. The molecule has 0 atom stereocenters. The third-order valence-corrected chi connectivity index (χ3v) is 3.38. The predicted molar refractivity (Wildman–Crippen MR) is 60.0 cm³/mol. The number of aromatic amines is 1. The van der Waals surface area contributed by atoms with Crippen molar-refractivity contribution in [2.45, 2.75) is 25.7 Å². The second-order valence-corrected chi connectivity index (χ2v) is 4.36. The van der Waals surface area contributed by atoms with Gasteiger partial charge in [-0.05, 0) is 43.4 Å². The Hall–Kier alpha value is -0.950. The van der Waals surface area contributed by atoms with Gasteiger partial charge in [0.2, 0.25) is 0 Å². The van der Waals surface area contributed by atoms with Crippen LogP contribution in [0.2, 0.25) is 5.02 Å². The molecule has 0 radical (unpaired) electrons. The Morgan fingerprint density at radius 2 is 2.00 bits per heavy atom. The molecule has 72 valence electrons. The van der Waals surface area contributed by atoms with Crippen molar-refractivity contribution in [1.82, 2.24) is 4.98 Å². The number of H-pyrrole nitrogens is 1. The maximum Gasteiger partial charge on any atom is 0.0502 e. The van der Waals surface area contributed by atoms with Crippen LogP contribution in [-0.4, -0.2) is 4.98 Å². The summed E-state index contributed by atoms with van der Waals surface area (Å²) in [7, 11) is 0. The minimum Gasteiger partial charge on any atom is -0.358 e. The smallest absolute Gasteiger partial charge is 0.0502 e. The van der Waals surface area contributed by atoms with Crippen LogP contribution < -0.4 is 0 Å². The molecule has 3 rings (SSSR count). The monoisotopic (exact) mass is 205 g/mol. The van der Waals surface area contributed by atoms with Crippen LogP contribution in [0.25, 0.3) is 10.9 Å². The number of rotatable bonds is 0. The van der Waals surface area contributed by atoms with Crippen LogP contribution in [0.15, 0.2) is 18.2 Å². The van der Waals surface area contributed by atoms with Crippen molar-refractivity contribution in [1.29, 1.82) is 0 Å². The lowest BCUT2D eigenvalue weighted by Gasteiger charge is -2.10. The molecule has 0 saturated carbocycles. The number of hydrogen-bond acceptors (Lipinski definition) is 0. The van der Waals surface area contributed by atoms with Gasteiger partial charge in [0.15, 0.2) is 0 Å². The van der Waals surface area contributed by atoms with E-state index in [-0.39, 0.29) is 0 Å². The fourth-order valence-corrected chi connectivity index (χ4v) is 2.71. The van der Waals surface area contributed by atoms with E-state index in [1.165, 1.54) is 47.8 Å². The number of aromatic nitrogens is 1. The molecule has 0 amide bonds. The highest BCUT2D eigenvalue weighted by molar-refractivity contribution is 6.35. The van der Waals surface area contributed by atoms with Crippen molar-refractivity contribution in [3.8, 4) is 0 Å². The second-order valence-electron chi connectivity index (χ2n) is 3.95. The molecule has 1 N–H and O–H groups in total. The molecule has 1 nitrogen and oxygen atoms in total. The predicted octanol–water partition coefficient (Wildman–Crippen LogP) is 3.70. The van der Waals surface area contributed by atoms with Gasteiger partial charge in [-0.3, -0.25) is 0 Å². The number of aryl methyl sites for hydroxylation is 2. The van der Waals surface area contributed by atoms with Crippen molar-refractivity contribution >= 4 is 22.5 Å². The van der Waals surface area contributed by atoms with Crippen LogP contribution in [0.4, 0.5) is 0 Å². The lowest BCUT2D eigenvalue weighted by atomic mass is 9.96. The maximum absolute atomic E-state index is 6.22. The second kappa shape index (κ2) is 3.03. The number of fused-ring (bicyclic) bond motifs is 3. The molecule has 0 spiro atoms. The molecule has 2 heteroatoms. The zero-order valence-electron chi connectivity index (χ0n) is 7.94. The molecule has 2 aromatic rings. The van der Waals surface area contributed by atoms with E-state index in [0.717, 1.165) is 5.02 Å². The molecule has 0 fully saturated rings. The largest absolute Gasteiger partial charge is 0.358 e. The van der Waals surface area contributed by atoms with E-state index >= 15 is 0 Å². The summed E-state index contributed by atoms with van der Waals surface area (Å²) < 4.78 is 0. The Kier molecular flexibility index (Phi) is 1.81. The molecule has 1 aliphatic carbocycles. The fraction of sp³-hybridized carbons (Fsp3) is 0.333. The van der Waals surface area contributed by atoms with Crippen molar-refractivity contribution in [2.75, 3.05) is 0 Å². The van der Waals surface area contributed by atoms with Crippen molar-refractivity contribution in [2.24, 2.45) is 0 Å². The Morgan fingerprint density at radius 3 is 2.93 bits per heavy atom. The van der Waals surface area contributed by atoms with Gasteiger partial charge in [-0.2, -0.15) is 0 Å². The topological polar surface area (TPSA) is 15.8 Å². The average molecular weight is 206 g/mol. The van der Waals surface area contributed by atoms with Crippen LogP contribution in [0, 0.1) is 0 Å². The van der Waals surface area contributed by atoms with E-state index in [4.69, 9.17) is 11.6 Å². The lowest BCUT2D eigenvalue weighted by Crippen LogP contribution is -2.00. The first-order chi connectivity index (χ1) is 6.86. The molecule has 1 aromatic carbocycles. The zero-order chi connectivity index (χ0) is 9.54. The van der Waals surface area contributed by atoms with Gasteiger partial charge in [0.25, 0.3) is 0 Å². The zero-order valence-corrected chi connectivity index (χ0v) is 8.69. The van der Waals surface area contributed by atoms with Gasteiger partial charge in [-0.15, -0.1) is 0 Å². The number of hydrogen-bond donors (Lipinski definition) is 1. The van der Waals surface area contributed by atoms with Crippen molar-refractivity contribution in [3.63, 3.8) is 0 Å². The van der Waals surface area contributed by atoms with Gasteiger partial charge in [-0.25, -0.2) is 0 Å². The van der Waals surface area contributed by atoms with Gasteiger partial charge in [-0.1, -0.05) is 17.7 Å². The number of benzene rings is 1. The number of nitrogens with one attached hydrogen (secondary N) is 1. The first-order valence-electron chi connectivity index (χ1n) is 5.14. The van der Waals surface area contributed by atoms with E-state index in [0.29, 0.717) is 0 Å². The van der Waals surface area contributed by atoms with Crippen LogP contribution in [0.1, 0.15) is 24.1 Å². The van der Waals surface area contributed by atoms with Crippen LogP contribution in [0.5, 0.6) is 0 Å². The molecule has 0 unspecified atom stereocenters. The lowest BCUT2D eigenvalue weighted by molar-refractivity contribution is 0.680. The number of halogens is 1. The molecule has 0 bridgehead atoms. The minimum absolute atomic E-state index is 0.891. The summed E-state index contributed by atoms with van der Waals surface area (Å²) in [4.78, 5) is 3.47. The van der Waals surface area contributed by atoms with Crippen molar-refractivity contribution in [3.05, 3.63) is 34.5 Å². The van der Waals surface area contributed by atoms with Gasteiger partial charge < -0.3 is 4.98 Å². The first-order valence-corrected chi connectivity index (χ1v) is 5.52. The maximum atomic E-state index is 6.22. The molecule has 1 aliphatic rings. The highest BCUT2D eigenvalue weighted by Gasteiger charge is 2.16. The molecule has 1 heterocycles. The molecule has 0 aliphatic heterocycles. The van der Waals surface area contributed by atoms with Gasteiger partial charge in [0, 0.05) is 16.6 Å². The van der Waals surface area contributed by atoms with Gasteiger partial charge in [0.05, 0.1) is 5.02 Å². The summed E-state index contributed by atoms with van der Waals surface area (Å²) in [5.41, 5.74) is 4.06. The van der Waals surface area contributed by atoms with Gasteiger partial charge in [0.1, 0.15) is 0 Å². The Labute approximate surface area is 88.1 Å². The van der Waals surface area contributed by atoms with E-state index in [1.807, 2.05) is 12.1 Å². The summed E-state index contributed by atoms with van der Waals surface area (Å²) in [6, 6.07) is 6.10. The van der Waals surface area contributed by atoms with E-state index in [2.05, 4.69) is 11.1 Å². The summed E-state index contributed by atoms with van der Waals surface area (Å²) >= 11 is 6.22. The average Bonchev–Trinajstić information content (AvgIpc) is 2.57. The van der Waals surface area contributed by atoms with Crippen LogP contribution in [0.3, 0.4) is 0 Å². The van der Waals surface area contributed by atoms with Crippen molar-refractivity contribution < 1.29 is 0 Å². The molecular formula is C12H12ClN.